The first-order valence-electron chi connectivity index (χ1n) is 11.5. The van der Waals surface area contributed by atoms with E-state index in [9.17, 15) is 14.4 Å². The molecule has 1 aliphatic heterocycles. The van der Waals surface area contributed by atoms with E-state index in [1.165, 1.54) is 11.6 Å². The highest BCUT2D eigenvalue weighted by atomic mass is 16.6. The zero-order chi connectivity index (χ0) is 24.6. The number of rotatable bonds is 4. The number of carbonyl (C=O) groups excluding carboxylic acids is 1. The van der Waals surface area contributed by atoms with Crippen LogP contribution in [0.15, 0.2) is 39.9 Å². The van der Waals surface area contributed by atoms with E-state index >= 15 is 0 Å². The van der Waals surface area contributed by atoms with Gasteiger partial charge in [0.1, 0.15) is 5.60 Å². The number of nitrogens with one attached hydrogen (secondary N) is 1. The number of fused-ring (bicyclic) bond motifs is 1. The van der Waals surface area contributed by atoms with E-state index in [1.807, 2.05) is 55.7 Å². The van der Waals surface area contributed by atoms with Crippen LogP contribution in [0.1, 0.15) is 39.2 Å². The summed E-state index contributed by atoms with van der Waals surface area (Å²) in [4.78, 5) is 44.9. The van der Waals surface area contributed by atoms with Crippen LogP contribution in [-0.4, -0.2) is 49.5 Å². The number of alkyl carbamates (subject to hydrolysis) is 1. The van der Waals surface area contributed by atoms with E-state index in [0.717, 1.165) is 29.5 Å². The molecule has 1 aromatic carbocycles. The number of benzene rings is 1. The third-order valence-corrected chi connectivity index (χ3v) is 5.94. The molecule has 10 nitrogen and oxygen atoms in total. The van der Waals surface area contributed by atoms with Crippen LogP contribution in [0.4, 0.5) is 10.7 Å². The minimum absolute atomic E-state index is 0.125. The lowest BCUT2D eigenvalue weighted by Crippen LogP contribution is -2.49. The Hall–Kier alpha value is -3.56. The lowest BCUT2D eigenvalue weighted by molar-refractivity contribution is 0.0500. The molecule has 1 N–H and O–H groups in total. The van der Waals surface area contributed by atoms with E-state index in [0.29, 0.717) is 30.2 Å². The summed E-state index contributed by atoms with van der Waals surface area (Å²) >= 11 is 0. The van der Waals surface area contributed by atoms with E-state index < -0.39 is 17.4 Å². The highest BCUT2D eigenvalue weighted by molar-refractivity contribution is 5.75. The molecular weight excluding hydrogens is 436 g/mol. The van der Waals surface area contributed by atoms with Gasteiger partial charge in [0.2, 0.25) is 5.95 Å². The standard InChI is InChI=1S/C24H32N6O4/c1-24(2,3)34-22(32)25-17-12-9-13-29(15-17)21-26-19-18(20(31)28(5)23(33)27(19)4)30(21)14-16-10-7-6-8-11-16/h6-8,10-11,17H,9,12-15H2,1-5H3,(H,25,32). The zero-order valence-electron chi connectivity index (χ0n) is 20.4. The highest BCUT2D eigenvalue weighted by Crippen LogP contribution is 2.24. The second-order valence-electron chi connectivity index (χ2n) is 9.79. The maximum Gasteiger partial charge on any atom is 0.407 e. The number of aryl methyl sites for hydroxylation is 1. The normalized spacial score (nSPS) is 16.6. The molecule has 1 atom stereocenters. The molecule has 1 fully saturated rings. The summed E-state index contributed by atoms with van der Waals surface area (Å²) in [6, 6.07) is 9.69. The third kappa shape index (κ3) is 4.71. The lowest BCUT2D eigenvalue weighted by Gasteiger charge is -2.34. The first kappa shape index (κ1) is 23.6. The van der Waals surface area contributed by atoms with Gasteiger partial charge in [0.15, 0.2) is 11.2 Å². The Morgan fingerprint density at radius 3 is 2.53 bits per heavy atom. The Morgan fingerprint density at radius 1 is 1.15 bits per heavy atom. The van der Waals surface area contributed by atoms with Crippen LogP contribution in [0.2, 0.25) is 0 Å². The molecule has 0 spiro atoms. The van der Waals surface area contributed by atoms with Crippen molar-refractivity contribution in [2.75, 3.05) is 18.0 Å². The van der Waals surface area contributed by atoms with E-state index in [4.69, 9.17) is 9.72 Å². The number of piperidine rings is 1. The maximum atomic E-state index is 13.1. The van der Waals surface area contributed by atoms with Crippen LogP contribution in [0, 0.1) is 0 Å². The van der Waals surface area contributed by atoms with Crippen molar-refractivity contribution in [1.29, 1.82) is 0 Å². The van der Waals surface area contributed by atoms with Crippen molar-refractivity contribution in [3.05, 3.63) is 56.7 Å². The first-order chi connectivity index (χ1) is 16.0. The number of ether oxygens (including phenoxy) is 1. The molecule has 10 heteroatoms. The quantitative estimate of drug-likeness (QED) is 0.628. The number of carbonyl (C=O) groups is 1. The summed E-state index contributed by atoms with van der Waals surface area (Å²) < 4.78 is 9.81. The van der Waals surface area contributed by atoms with Gasteiger partial charge in [0.05, 0.1) is 6.54 Å². The largest absolute Gasteiger partial charge is 0.444 e. The summed E-state index contributed by atoms with van der Waals surface area (Å²) in [5.74, 6) is 0.604. The molecule has 182 valence electrons. The fraction of sp³-hybridized carbons (Fsp3) is 0.500. The number of amides is 1. The van der Waals surface area contributed by atoms with Crippen molar-refractivity contribution < 1.29 is 9.53 Å². The van der Waals surface area contributed by atoms with Crippen LogP contribution in [0.25, 0.3) is 11.2 Å². The Bertz CT molecular complexity index is 1320. The second kappa shape index (κ2) is 9.00. The molecule has 0 aliphatic carbocycles. The molecule has 1 saturated heterocycles. The number of nitrogens with zero attached hydrogens (tertiary/aromatic N) is 5. The minimum Gasteiger partial charge on any atom is -0.444 e. The molecule has 3 aromatic rings. The van der Waals surface area contributed by atoms with Crippen LogP contribution < -0.4 is 21.5 Å². The fourth-order valence-corrected chi connectivity index (χ4v) is 4.34. The molecule has 1 amide bonds. The molecule has 4 rings (SSSR count). The molecular formula is C24H32N6O4. The van der Waals surface area contributed by atoms with Gasteiger partial charge in [0, 0.05) is 33.2 Å². The number of imidazole rings is 1. The number of hydrogen-bond acceptors (Lipinski definition) is 6. The van der Waals surface area contributed by atoms with Gasteiger partial charge >= 0.3 is 11.8 Å². The van der Waals surface area contributed by atoms with E-state index in [2.05, 4.69) is 10.2 Å². The number of hydrogen-bond donors (Lipinski definition) is 1. The molecule has 1 aliphatic rings. The predicted octanol–water partition coefficient (Wildman–Crippen LogP) is 1.98. The number of aromatic nitrogens is 4. The topological polar surface area (TPSA) is 103 Å². The molecule has 3 heterocycles. The van der Waals surface area contributed by atoms with Crippen LogP contribution in [0.5, 0.6) is 0 Å². The van der Waals surface area contributed by atoms with Gasteiger partial charge in [-0.25, -0.2) is 9.59 Å². The van der Waals surface area contributed by atoms with Gasteiger partial charge in [-0.05, 0) is 39.2 Å². The number of anilines is 1. The van der Waals surface area contributed by atoms with Gasteiger partial charge in [-0.3, -0.25) is 18.5 Å². The molecule has 0 radical (unpaired) electrons. The minimum atomic E-state index is -0.576. The Morgan fingerprint density at radius 2 is 1.85 bits per heavy atom. The van der Waals surface area contributed by atoms with Crippen molar-refractivity contribution in [3.8, 4) is 0 Å². The monoisotopic (exact) mass is 468 g/mol. The summed E-state index contributed by atoms with van der Waals surface area (Å²) in [5, 5.41) is 2.96. The lowest BCUT2D eigenvalue weighted by atomic mass is 10.1. The van der Waals surface area contributed by atoms with Crippen molar-refractivity contribution in [1.82, 2.24) is 24.0 Å². The Kier molecular flexibility index (Phi) is 6.24. The molecule has 2 aromatic heterocycles. The van der Waals surface area contributed by atoms with Gasteiger partial charge < -0.3 is 15.0 Å². The van der Waals surface area contributed by atoms with Crippen LogP contribution in [-0.2, 0) is 25.4 Å². The third-order valence-electron chi connectivity index (χ3n) is 5.94. The van der Waals surface area contributed by atoms with Crippen molar-refractivity contribution in [2.24, 2.45) is 14.1 Å². The van der Waals surface area contributed by atoms with Gasteiger partial charge in [0.25, 0.3) is 5.56 Å². The first-order valence-corrected chi connectivity index (χ1v) is 11.5. The van der Waals surface area contributed by atoms with Crippen molar-refractivity contribution >= 4 is 23.2 Å². The zero-order valence-corrected chi connectivity index (χ0v) is 20.4. The van der Waals surface area contributed by atoms with E-state index in [-0.39, 0.29) is 11.6 Å². The van der Waals surface area contributed by atoms with Crippen LogP contribution in [0.3, 0.4) is 0 Å². The van der Waals surface area contributed by atoms with Crippen molar-refractivity contribution in [2.45, 2.75) is 51.8 Å². The molecule has 1 unspecified atom stereocenters. The Labute approximate surface area is 197 Å². The Balaban J connectivity index is 1.74. The average molecular weight is 469 g/mol. The summed E-state index contributed by atoms with van der Waals surface area (Å²) in [5.41, 5.74) is 0.364. The van der Waals surface area contributed by atoms with Gasteiger partial charge in [-0.2, -0.15) is 4.98 Å². The molecule has 0 bridgehead atoms. The maximum absolute atomic E-state index is 13.1. The average Bonchev–Trinajstić information content (AvgIpc) is 3.15. The predicted molar refractivity (Wildman–Crippen MR) is 130 cm³/mol. The smallest absolute Gasteiger partial charge is 0.407 e. The summed E-state index contributed by atoms with van der Waals surface area (Å²) in [6.45, 7) is 7.16. The highest BCUT2D eigenvalue weighted by Gasteiger charge is 2.29. The summed E-state index contributed by atoms with van der Waals surface area (Å²) in [6.07, 6.45) is 1.20. The second-order valence-corrected chi connectivity index (χ2v) is 9.79. The SMILES string of the molecule is Cn1c(=O)c2c(nc(N3CCCC(NC(=O)OC(C)(C)C)C3)n2Cc2ccccc2)n(C)c1=O. The molecule has 34 heavy (non-hydrogen) atoms. The van der Waals surface area contributed by atoms with Gasteiger partial charge in [-0.15, -0.1) is 0 Å². The fourth-order valence-electron chi connectivity index (χ4n) is 4.34. The van der Waals surface area contributed by atoms with E-state index in [1.54, 1.807) is 7.05 Å². The van der Waals surface area contributed by atoms with Gasteiger partial charge in [-0.1, -0.05) is 30.3 Å². The van der Waals surface area contributed by atoms with Crippen LogP contribution >= 0.6 is 0 Å². The molecule has 0 saturated carbocycles. The van der Waals surface area contributed by atoms with Crippen molar-refractivity contribution in [3.63, 3.8) is 0 Å². The summed E-state index contributed by atoms with van der Waals surface area (Å²) in [7, 11) is 3.10.